The molecule has 0 aliphatic heterocycles. The van der Waals surface area contributed by atoms with Crippen LogP contribution in [0.3, 0.4) is 0 Å². The zero-order valence-corrected chi connectivity index (χ0v) is 17.9. The van der Waals surface area contributed by atoms with Crippen LogP contribution in [0.4, 0.5) is 18.9 Å². The van der Waals surface area contributed by atoms with Crippen molar-refractivity contribution in [2.24, 2.45) is 5.10 Å². The summed E-state index contributed by atoms with van der Waals surface area (Å²) in [6.07, 6.45) is -2.56. The average molecular weight is 464 g/mol. The van der Waals surface area contributed by atoms with Gasteiger partial charge < -0.3 is 15.4 Å². The number of halogens is 3. The second-order valence-electron chi connectivity index (χ2n) is 6.97. The highest BCUT2D eigenvalue weighted by atomic mass is 19.4. The van der Waals surface area contributed by atoms with E-state index in [1.165, 1.54) is 24.4 Å². The van der Waals surface area contributed by atoms with Gasteiger partial charge in [-0.1, -0.05) is 25.1 Å². The minimum Gasteiger partial charge on any atom is -0.484 e. The van der Waals surface area contributed by atoms with E-state index in [9.17, 15) is 27.6 Å². The van der Waals surface area contributed by atoms with Crippen molar-refractivity contribution in [2.45, 2.75) is 32.5 Å². The summed E-state index contributed by atoms with van der Waals surface area (Å²) in [6, 6.07) is 10.4. The van der Waals surface area contributed by atoms with Crippen LogP contribution in [0.5, 0.6) is 5.75 Å². The molecule has 176 valence electrons. The number of hydrogen-bond acceptors (Lipinski definition) is 5. The normalized spacial score (nSPS) is 12.2. The van der Waals surface area contributed by atoms with E-state index < -0.39 is 36.1 Å². The molecule has 0 bridgehead atoms. The number of nitrogens with one attached hydrogen (secondary N) is 3. The van der Waals surface area contributed by atoms with Crippen molar-refractivity contribution in [3.05, 3.63) is 59.7 Å². The number of carbonyl (C=O) groups is 3. The van der Waals surface area contributed by atoms with Crippen molar-refractivity contribution in [1.29, 1.82) is 0 Å². The summed E-state index contributed by atoms with van der Waals surface area (Å²) in [5.74, 6) is -2.07. The van der Waals surface area contributed by atoms with E-state index in [0.717, 1.165) is 12.1 Å². The second kappa shape index (κ2) is 11.7. The maximum atomic E-state index is 12.8. The number of rotatable bonds is 8. The standard InChI is InChI=1S/C22H23F3N4O4/c1-3-14(2)27-20(31)21(32)29-26-12-15-6-4-9-18(10-15)33-13-19(30)28-17-8-5-7-16(11-17)22(23,24)25/h4-12,14H,3,13H2,1-2H3,(H,27,31)(H,28,30)(H,29,32)/b26-12-/t14-/m0/s1. The molecule has 2 aromatic carbocycles. The molecule has 0 saturated heterocycles. The zero-order valence-electron chi connectivity index (χ0n) is 17.9. The van der Waals surface area contributed by atoms with E-state index in [4.69, 9.17) is 4.74 Å². The molecule has 2 aromatic rings. The molecule has 0 aromatic heterocycles. The molecule has 8 nitrogen and oxygen atoms in total. The lowest BCUT2D eigenvalue weighted by atomic mass is 10.2. The fourth-order valence-electron chi connectivity index (χ4n) is 2.41. The lowest BCUT2D eigenvalue weighted by Gasteiger charge is -2.11. The summed E-state index contributed by atoms with van der Waals surface area (Å²) in [5, 5.41) is 8.55. The number of alkyl halides is 3. The van der Waals surface area contributed by atoms with Crippen molar-refractivity contribution in [2.75, 3.05) is 11.9 Å². The first-order valence-electron chi connectivity index (χ1n) is 9.92. The molecule has 0 aliphatic carbocycles. The second-order valence-corrected chi connectivity index (χ2v) is 6.97. The van der Waals surface area contributed by atoms with Gasteiger partial charge in [-0.3, -0.25) is 14.4 Å². The molecule has 2 rings (SSSR count). The predicted molar refractivity (Wildman–Crippen MR) is 116 cm³/mol. The van der Waals surface area contributed by atoms with Crippen LogP contribution in [0.25, 0.3) is 0 Å². The summed E-state index contributed by atoms with van der Waals surface area (Å²) < 4.78 is 43.6. The molecule has 0 heterocycles. The number of hydrogen-bond donors (Lipinski definition) is 3. The molecule has 0 spiro atoms. The third kappa shape index (κ3) is 8.63. The molecule has 3 N–H and O–H groups in total. The molecule has 33 heavy (non-hydrogen) atoms. The van der Waals surface area contributed by atoms with Gasteiger partial charge in [0.1, 0.15) is 5.75 Å². The highest BCUT2D eigenvalue weighted by molar-refractivity contribution is 6.35. The molecule has 3 amide bonds. The Kier molecular flexibility index (Phi) is 8.96. The van der Waals surface area contributed by atoms with Crippen molar-refractivity contribution >= 4 is 29.6 Å². The van der Waals surface area contributed by atoms with Crippen molar-refractivity contribution in [1.82, 2.24) is 10.7 Å². The van der Waals surface area contributed by atoms with Gasteiger partial charge in [-0.2, -0.15) is 18.3 Å². The first kappa shape index (κ1) is 25.4. The number of ether oxygens (including phenoxy) is 1. The van der Waals surface area contributed by atoms with Crippen LogP contribution in [-0.4, -0.2) is 36.6 Å². The van der Waals surface area contributed by atoms with Crippen molar-refractivity contribution in [3.63, 3.8) is 0 Å². The molecule has 0 fully saturated rings. The van der Waals surface area contributed by atoms with Crippen molar-refractivity contribution in [3.8, 4) is 5.75 Å². The monoisotopic (exact) mass is 464 g/mol. The van der Waals surface area contributed by atoms with E-state index in [0.29, 0.717) is 17.7 Å². The van der Waals surface area contributed by atoms with Crippen LogP contribution in [0.15, 0.2) is 53.6 Å². The van der Waals surface area contributed by atoms with Crippen LogP contribution in [0.1, 0.15) is 31.4 Å². The van der Waals surface area contributed by atoms with Gasteiger partial charge in [0.2, 0.25) is 0 Å². The zero-order chi connectivity index (χ0) is 24.4. The quantitative estimate of drug-likeness (QED) is 0.317. The van der Waals surface area contributed by atoms with Gasteiger partial charge in [0.05, 0.1) is 11.8 Å². The van der Waals surface area contributed by atoms with E-state index in [1.54, 1.807) is 25.1 Å². The summed E-state index contributed by atoms with van der Waals surface area (Å²) in [5.41, 5.74) is 1.73. The van der Waals surface area contributed by atoms with Gasteiger partial charge in [0, 0.05) is 11.7 Å². The van der Waals surface area contributed by atoms with Crippen LogP contribution in [0.2, 0.25) is 0 Å². The maximum absolute atomic E-state index is 12.8. The molecule has 1 atom stereocenters. The fourth-order valence-corrected chi connectivity index (χ4v) is 2.41. The number of nitrogens with zero attached hydrogens (tertiary/aromatic N) is 1. The minimum absolute atomic E-state index is 0.00702. The van der Waals surface area contributed by atoms with Gasteiger partial charge in [-0.15, -0.1) is 0 Å². The highest BCUT2D eigenvalue weighted by Gasteiger charge is 2.30. The Balaban J connectivity index is 1.87. The lowest BCUT2D eigenvalue weighted by Crippen LogP contribution is -2.41. The molecular formula is C22H23F3N4O4. The number of anilines is 1. The third-order valence-electron chi connectivity index (χ3n) is 4.28. The van der Waals surface area contributed by atoms with Gasteiger partial charge in [0.15, 0.2) is 6.61 Å². The Morgan fingerprint density at radius 2 is 1.82 bits per heavy atom. The van der Waals surface area contributed by atoms with Crippen LogP contribution < -0.4 is 20.8 Å². The Bertz CT molecular complexity index is 1020. The largest absolute Gasteiger partial charge is 0.484 e. The molecule has 0 aliphatic rings. The first-order valence-corrected chi connectivity index (χ1v) is 9.92. The van der Waals surface area contributed by atoms with E-state index in [1.807, 2.05) is 6.92 Å². The Morgan fingerprint density at radius 3 is 2.52 bits per heavy atom. The Hall–Kier alpha value is -3.89. The summed E-state index contributed by atoms with van der Waals surface area (Å²) in [4.78, 5) is 35.3. The molecule has 0 radical (unpaired) electrons. The van der Waals surface area contributed by atoms with Crippen LogP contribution in [0, 0.1) is 0 Å². The Labute approximate surface area is 188 Å². The van der Waals surface area contributed by atoms with Crippen LogP contribution in [-0.2, 0) is 20.6 Å². The fraction of sp³-hybridized carbons (Fsp3) is 0.273. The molecule has 0 unspecified atom stereocenters. The topological polar surface area (TPSA) is 109 Å². The summed E-state index contributed by atoms with van der Waals surface area (Å²) >= 11 is 0. The van der Waals surface area contributed by atoms with Gasteiger partial charge in [-0.05, 0) is 49.2 Å². The van der Waals surface area contributed by atoms with Crippen LogP contribution >= 0.6 is 0 Å². The number of hydrazone groups is 1. The predicted octanol–water partition coefficient (Wildman–Crippen LogP) is 3.09. The van der Waals surface area contributed by atoms with E-state index in [2.05, 4.69) is 21.2 Å². The third-order valence-corrected chi connectivity index (χ3v) is 4.28. The van der Waals surface area contributed by atoms with Crippen molar-refractivity contribution < 1.29 is 32.3 Å². The maximum Gasteiger partial charge on any atom is 0.416 e. The lowest BCUT2D eigenvalue weighted by molar-refractivity contribution is -0.139. The number of amides is 3. The van der Waals surface area contributed by atoms with Gasteiger partial charge in [0.25, 0.3) is 5.91 Å². The van der Waals surface area contributed by atoms with Gasteiger partial charge >= 0.3 is 18.0 Å². The average Bonchev–Trinajstić information content (AvgIpc) is 2.77. The minimum atomic E-state index is -4.52. The molecular weight excluding hydrogens is 441 g/mol. The summed E-state index contributed by atoms with van der Waals surface area (Å²) in [7, 11) is 0. The van der Waals surface area contributed by atoms with E-state index in [-0.39, 0.29) is 11.7 Å². The number of benzene rings is 2. The molecule has 11 heteroatoms. The Morgan fingerprint density at radius 1 is 1.09 bits per heavy atom. The SMILES string of the molecule is CC[C@H](C)NC(=O)C(=O)N/N=C\c1cccc(OCC(=O)Nc2cccc(C(F)(F)F)c2)c1. The van der Waals surface area contributed by atoms with Gasteiger partial charge in [-0.25, -0.2) is 5.43 Å². The number of carbonyl (C=O) groups excluding carboxylic acids is 3. The summed E-state index contributed by atoms with van der Waals surface area (Å²) in [6.45, 7) is 3.19. The first-order chi connectivity index (χ1) is 15.6. The smallest absolute Gasteiger partial charge is 0.416 e. The molecule has 0 saturated carbocycles. The highest BCUT2D eigenvalue weighted by Crippen LogP contribution is 2.30. The van der Waals surface area contributed by atoms with E-state index >= 15 is 0 Å².